The maximum Gasteiger partial charge on any atom is 0.279 e. The topological polar surface area (TPSA) is 57.6 Å². The predicted octanol–water partition coefficient (Wildman–Crippen LogP) is 6.86. The third-order valence-electron chi connectivity index (χ3n) is 8.13. The number of fused-ring (bicyclic) bond motifs is 1. The smallest absolute Gasteiger partial charge is 0.279 e. The molecule has 1 saturated heterocycles. The van der Waals surface area contributed by atoms with E-state index < -0.39 is 0 Å². The Labute approximate surface area is 255 Å². The number of para-hydroxylation sites is 1. The number of rotatable bonds is 10. The third kappa shape index (κ3) is 7.39. The van der Waals surface area contributed by atoms with Gasteiger partial charge in [-0.2, -0.15) is 0 Å². The zero-order valence-corrected chi connectivity index (χ0v) is 26.5. The second-order valence-electron chi connectivity index (χ2n) is 11.9. The van der Waals surface area contributed by atoms with E-state index >= 15 is 0 Å². The van der Waals surface area contributed by atoms with Crippen LogP contribution in [0.15, 0.2) is 58.7 Å². The summed E-state index contributed by atoms with van der Waals surface area (Å²) in [7, 11) is 0. The monoisotopic (exact) mass is 588 g/mol. The van der Waals surface area contributed by atoms with Crippen LogP contribution >= 0.6 is 11.8 Å². The summed E-state index contributed by atoms with van der Waals surface area (Å²) >= 11 is 1.71. The van der Waals surface area contributed by atoms with Crippen LogP contribution in [-0.2, 0) is 4.79 Å². The molecule has 3 heterocycles. The Bertz CT molecular complexity index is 1350. The lowest BCUT2D eigenvalue weighted by atomic mass is 10.0. The Balaban J connectivity index is 1.26. The molecule has 2 aromatic rings. The molecule has 1 fully saturated rings. The van der Waals surface area contributed by atoms with Gasteiger partial charge in [-0.25, -0.2) is 4.99 Å². The van der Waals surface area contributed by atoms with Crippen molar-refractivity contribution in [3.8, 4) is 11.5 Å². The second kappa shape index (κ2) is 13.8. The highest BCUT2D eigenvalue weighted by molar-refractivity contribution is 8.13. The summed E-state index contributed by atoms with van der Waals surface area (Å²) in [5.41, 5.74) is 6.71. The summed E-state index contributed by atoms with van der Waals surface area (Å²) in [6.45, 7) is 15.5. The van der Waals surface area contributed by atoms with Gasteiger partial charge in [0.15, 0.2) is 16.7 Å². The molecule has 0 aromatic heterocycles. The molecule has 0 saturated carbocycles. The van der Waals surface area contributed by atoms with E-state index in [-0.39, 0.29) is 12.7 Å². The lowest BCUT2D eigenvalue weighted by molar-refractivity contribution is -0.124. The highest BCUT2D eigenvalue weighted by Crippen LogP contribution is 2.34. The minimum atomic E-state index is -0.0380. The summed E-state index contributed by atoms with van der Waals surface area (Å²) in [6.07, 6.45) is 7.58. The van der Waals surface area contributed by atoms with Crippen molar-refractivity contribution in [3.05, 3.63) is 70.4 Å². The number of aliphatic imine (C=N–C) groups is 1. The number of ether oxygens (including phenoxy) is 2. The van der Waals surface area contributed by atoms with Gasteiger partial charge in [0.2, 0.25) is 6.79 Å². The molecular weight excluding hydrogens is 544 g/mol. The molecule has 1 amide bonds. The van der Waals surface area contributed by atoms with Crippen LogP contribution in [0.2, 0.25) is 0 Å². The molecule has 0 spiro atoms. The fourth-order valence-electron chi connectivity index (χ4n) is 5.70. The highest BCUT2D eigenvalue weighted by Gasteiger charge is 2.33. The zero-order chi connectivity index (χ0) is 29.6. The normalized spacial score (nSPS) is 18.5. The van der Waals surface area contributed by atoms with Crippen LogP contribution in [0.4, 0.5) is 5.69 Å². The summed E-state index contributed by atoms with van der Waals surface area (Å²) < 4.78 is 11.0. The van der Waals surface area contributed by atoms with E-state index in [2.05, 4.69) is 68.7 Å². The van der Waals surface area contributed by atoms with Gasteiger partial charge in [-0.3, -0.25) is 14.6 Å². The minimum absolute atomic E-state index is 0.0380. The van der Waals surface area contributed by atoms with Crippen molar-refractivity contribution in [3.63, 3.8) is 0 Å². The maximum atomic E-state index is 13.7. The number of benzene rings is 2. The van der Waals surface area contributed by atoms with Crippen LogP contribution in [0.25, 0.3) is 6.08 Å². The van der Waals surface area contributed by atoms with Crippen molar-refractivity contribution < 1.29 is 14.3 Å². The van der Waals surface area contributed by atoms with Crippen LogP contribution in [0.1, 0.15) is 56.7 Å². The fourth-order valence-corrected chi connectivity index (χ4v) is 6.86. The summed E-state index contributed by atoms with van der Waals surface area (Å²) in [5.74, 6) is 2.96. The van der Waals surface area contributed by atoms with Crippen molar-refractivity contribution in [2.75, 3.05) is 50.3 Å². The maximum absolute atomic E-state index is 13.7. The van der Waals surface area contributed by atoms with Gasteiger partial charge in [-0.15, -0.1) is 0 Å². The Morgan fingerprint density at radius 2 is 1.76 bits per heavy atom. The summed E-state index contributed by atoms with van der Waals surface area (Å²) in [4.78, 5) is 25.4. The number of amidine groups is 1. The molecule has 0 aliphatic carbocycles. The number of carbonyl (C=O) groups excluding carboxylic acids is 1. The lowest BCUT2D eigenvalue weighted by Crippen LogP contribution is -2.51. The first kappa shape index (κ1) is 30.2. The molecule has 8 heteroatoms. The number of carbonyl (C=O) groups is 1. The molecule has 3 aliphatic heterocycles. The van der Waals surface area contributed by atoms with Gasteiger partial charge < -0.3 is 14.4 Å². The van der Waals surface area contributed by atoms with Gasteiger partial charge in [0.25, 0.3) is 5.91 Å². The Morgan fingerprint density at radius 1 is 1.02 bits per heavy atom. The molecule has 2 aromatic carbocycles. The first-order chi connectivity index (χ1) is 20.3. The number of thioether (sulfide) groups is 1. The van der Waals surface area contributed by atoms with Crippen LogP contribution in [0.5, 0.6) is 11.5 Å². The number of anilines is 1. The number of hydrogen-bond acceptors (Lipinski definition) is 7. The first-order valence-electron chi connectivity index (χ1n) is 15.1. The largest absolute Gasteiger partial charge is 0.454 e. The van der Waals surface area contributed by atoms with E-state index in [9.17, 15) is 4.79 Å². The van der Waals surface area contributed by atoms with Gasteiger partial charge in [0, 0.05) is 37.6 Å². The average Bonchev–Trinajstić information content (AvgIpc) is 3.54. The molecule has 42 heavy (non-hydrogen) atoms. The van der Waals surface area contributed by atoms with E-state index in [0.717, 1.165) is 61.3 Å². The number of piperazine rings is 1. The van der Waals surface area contributed by atoms with Gasteiger partial charge in [-0.1, -0.05) is 54.6 Å². The molecule has 3 aliphatic rings. The van der Waals surface area contributed by atoms with Crippen molar-refractivity contribution in [2.45, 2.75) is 53.9 Å². The van der Waals surface area contributed by atoms with Crippen LogP contribution in [0.3, 0.4) is 0 Å². The second-order valence-corrected chi connectivity index (χ2v) is 12.9. The van der Waals surface area contributed by atoms with Gasteiger partial charge in [0.1, 0.15) is 5.70 Å². The van der Waals surface area contributed by atoms with Crippen molar-refractivity contribution >= 4 is 34.6 Å². The van der Waals surface area contributed by atoms with Crippen molar-refractivity contribution in [1.29, 1.82) is 0 Å². The van der Waals surface area contributed by atoms with E-state index in [1.165, 1.54) is 28.8 Å². The molecule has 5 rings (SSSR count). The Hall–Kier alpha value is -3.23. The van der Waals surface area contributed by atoms with E-state index in [1.54, 1.807) is 11.8 Å². The van der Waals surface area contributed by atoms with Gasteiger partial charge in [-0.05, 0) is 87.8 Å². The zero-order valence-electron chi connectivity index (χ0n) is 25.7. The quantitative estimate of drug-likeness (QED) is 0.223. The molecule has 0 unspecified atom stereocenters. The molecule has 0 radical (unpaired) electrons. The molecule has 7 nitrogen and oxygen atoms in total. The van der Waals surface area contributed by atoms with E-state index in [1.807, 2.05) is 29.2 Å². The van der Waals surface area contributed by atoms with Gasteiger partial charge >= 0.3 is 0 Å². The SMILES string of the molecule is CC(C)=CCC[C@@H](C)CCSC1=N/C(=C/c2ccc3c(c2)OCO3)C(=O)N1CN1CCN(c2c(C)cccc2C)CC1. The average molecular weight is 589 g/mol. The highest BCUT2D eigenvalue weighted by atomic mass is 32.2. The minimum Gasteiger partial charge on any atom is -0.454 e. The number of aryl methyl sites for hydroxylation is 2. The molecule has 224 valence electrons. The predicted molar refractivity (Wildman–Crippen MR) is 174 cm³/mol. The molecular formula is C34H44N4O3S. The summed E-state index contributed by atoms with van der Waals surface area (Å²) in [6, 6.07) is 12.2. The van der Waals surface area contributed by atoms with Crippen molar-refractivity contribution in [2.24, 2.45) is 10.9 Å². The molecule has 0 N–H and O–H groups in total. The van der Waals surface area contributed by atoms with Crippen LogP contribution < -0.4 is 14.4 Å². The molecule has 1 atom stereocenters. The number of hydrogen-bond donors (Lipinski definition) is 0. The Morgan fingerprint density at radius 3 is 2.50 bits per heavy atom. The van der Waals surface area contributed by atoms with E-state index in [4.69, 9.17) is 14.5 Å². The summed E-state index contributed by atoms with van der Waals surface area (Å²) in [5, 5.41) is 0.806. The lowest BCUT2D eigenvalue weighted by Gasteiger charge is -2.38. The third-order valence-corrected chi connectivity index (χ3v) is 9.14. The number of nitrogens with zero attached hydrogens (tertiary/aromatic N) is 4. The van der Waals surface area contributed by atoms with Crippen LogP contribution in [0, 0.1) is 19.8 Å². The van der Waals surface area contributed by atoms with Crippen LogP contribution in [-0.4, -0.2) is 66.3 Å². The number of allylic oxidation sites excluding steroid dienone is 2. The van der Waals surface area contributed by atoms with Crippen molar-refractivity contribution in [1.82, 2.24) is 9.80 Å². The fraction of sp³-hybridized carbons (Fsp3) is 0.471. The van der Waals surface area contributed by atoms with Gasteiger partial charge in [0.05, 0.1) is 6.67 Å². The Kier molecular flexibility index (Phi) is 9.95. The first-order valence-corrected chi connectivity index (χ1v) is 16.1. The van der Waals surface area contributed by atoms with E-state index in [0.29, 0.717) is 24.0 Å². The molecule has 0 bridgehead atoms. The number of amides is 1. The standard InChI is InChI=1S/C34H44N4O3S/c1-24(2)8-6-9-25(3)14-19-42-34-35-29(20-28-12-13-30-31(21-28)41-23-40-30)33(39)38(34)22-36-15-17-37(18-16-36)32-26(4)10-7-11-27(32)5/h7-8,10-13,20-21,25H,6,9,14-19,22-23H2,1-5H3/b29-20+/t25-/m1/s1.